The normalized spacial score (nSPS) is 24.1. The fraction of sp³-hybridized carbons (Fsp3) is 0.533. The van der Waals surface area contributed by atoms with Gasteiger partial charge in [-0.15, -0.1) is 0 Å². The molecule has 1 aromatic carbocycles. The number of amides is 1. The van der Waals surface area contributed by atoms with E-state index in [1.165, 1.54) is 18.6 Å². The Morgan fingerprint density at radius 2 is 1.78 bits per heavy atom. The maximum absolute atomic E-state index is 12.8. The van der Waals surface area contributed by atoms with Crippen LogP contribution in [0.5, 0.6) is 0 Å². The second-order valence-electron chi connectivity index (χ2n) is 5.55. The summed E-state index contributed by atoms with van der Waals surface area (Å²) in [5.41, 5.74) is 0.882. The number of piperidine rings is 1. The molecule has 0 spiro atoms. The molecule has 1 saturated heterocycles. The Morgan fingerprint density at radius 1 is 1.22 bits per heavy atom. The van der Waals surface area contributed by atoms with E-state index in [-0.39, 0.29) is 11.7 Å². The molecule has 0 bridgehead atoms. The van der Waals surface area contributed by atoms with E-state index >= 15 is 0 Å². The van der Waals surface area contributed by atoms with Gasteiger partial charge in [0, 0.05) is 13.1 Å². The fourth-order valence-corrected chi connectivity index (χ4v) is 2.76. The van der Waals surface area contributed by atoms with Crippen LogP contribution in [0.2, 0.25) is 0 Å². The Balaban J connectivity index is 1.97. The Hall–Kier alpha value is -1.38. The summed E-state index contributed by atoms with van der Waals surface area (Å²) in [7, 11) is 0. The van der Waals surface area contributed by atoms with Gasteiger partial charge in [-0.2, -0.15) is 0 Å². The summed E-state index contributed by atoms with van der Waals surface area (Å²) in [4.78, 5) is 14.1. The lowest BCUT2D eigenvalue weighted by atomic mass is 9.91. The molecule has 1 aliphatic heterocycles. The van der Waals surface area contributed by atoms with Gasteiger partial charge in [-0.1, -0.05) is 26.0 Å². The zero-order valence-electron chi connectivity index (χ0n) is 11.0. The predicted molar refractivity (Wildman–Crippen MR) is 69.6 cm³/mol. The highest BCUT2D eigenvalue weighted by Gasteiger charge is 2.25. The standard InChI is InChI=1S/C15H20FNO/c1-11-7-12(2)10-17(9-11)15(18)8-13-3-5-14(16)6-4-13/h3-6,11-12H,7-10H2,1-2H3. The number of rotatable bonds is 2. The zero-order chi connectivity index (χ0) is 13.1. The minimum absolute atomic E-state index is 0.153. The highest BCUT2D eigenvalue weighted by atomic mass is 19.1. The molecular weight excluding hydrogens is 229 g/mol. The molecule has 1 aromatic rings. The lowest BCUT2D eigenvalue weighted by molar-refractivity contribution is -0.133. The van der Waals surface area contributed by atoms with Crippen molar-refractivity contribution in [2.75, 3.05) is 13.1 Å². The Morgan fingerprint density at radius 3 is 2.33 bits per heavy atom. The first-order chi connectivity index (χ1) is 8.54. The molecule has 0 aromatic heterocycles. The topological polar surface area (TPSA) is 20.3 Å². The summed E-state index contributed by atoms with van der Waals surface area (Å²) in [5.74, 6) is 1.04. The van der Waals surface area contributed by atoms with Crippen molar-refractivity contribution in [1.29, 1.82) is 0 Å². The molecule has 2 unspecified atom stereocenters. The molecule has 1 fully saturated rings. The SMILES string of the molecule is CC1CC(C)CN(C(=O)Cc2ccc(F)cc2)C1. The molecule has 0 aliphatic carbocycles. The number of likely N-dealkylation sites (tertiary alicyclic amines) is 1. The molecule has 0 N–H and O–H groups in total. The van der Waals surface area contributed by atoms with Crippen LogP contribution in [0.25, 0.3) is 0 Å². The van der Waals surface area contributed by atoms with E-state index < -0.39 is 0 Å². The van der Waals surface area contributed by atoms with E-state index in [2.05, 4.69) is 13.8 Å². The van der Waals surface area contributed by atoms with Gasteiger partial charge in [0.05, 0.1) is 6.42 Å². The van der Waals surface area contributed by atoms with Crippen molar-refractivity contribution in [3.8, 4) is 0 Å². The summed E-state index contributed by atoms with van der Waals surface area (Å²) < 4.78 is 12.8. The van der Waals surface area contributed by atoms with Gasteiger partial charge in [0.15, 0.2) is 0 Å². The van der Waals surface area contributed by atoms with Crippen molar-refractivity contribution in [3.63, 3.8) is 0 Å². The Labute approximate surface area is 108 Å². The number of carbonyl (C=O) groups is 1. The zero-order valence-corrected chi connectivity index (χ0v) is 11.0. The molecular formula is C15H20FNO. The quantitative estimate of drug-likeness (QED) is 0.789. The summed E-state index contributed by atoms with van der Waals surface area (Å²) in [6, 6.07) is 6.18. The van der Waals surface area contributed by atoms with Crippen LogP contribution >= 0.6 is 0 Å². The van der Waals surface area contributed by atoms with Crippen LogP contribution in [0.1, 0.15) is 25.8 Å². The molecule has 2 nitrogen and oxygen atoms in total. The van der Waals surface area contributed by atoms with Gasteiger partial charge < -0.3 is 4.90 Å². The van der Waals surface area contributed by atoms with Crippen molar-refractivity contribution < 1.29 is 9.18 Å². The molecule has 0 saturated carbocycles. The molecule has 0 radical (unpaired) electrons. The highest BCUT2D eigenvalue weighted by molar-refractivity contribution is 5.78. The van der Waals surface area contributed by atoms with Crippen molar-refractivity contribution in [1.82, 2.24) is 4.90 Å². The van der Waals surface area contributed by atoms with E-state index in [9.17, 15) is 9.18 Å². The Bertz CT molecular complexity index is 405. The van der Waals surface area contributed by atoms with Gasteiger partial charge >= 0.3 is 0 Å². The molecule has 1 amide bonds. The lowest BCUT2D eigenvalue weighted by Gasteiger charge is -2.35. The van der Waals surface area contributed by atoms with Gasteiger partial charge in [-0.3, -0.25) is 4.79 Å². The number of carbonyl (C=O) groups excluding carboxylic acids is 1. The third kappa shape index (κ3) is 3.31. The second-order valence-corrected chi connectivity index (χ2v) is 5.55. The van der Waals surface area contributed by atoms with Crippen LogP contribution in [0.15, 0.2) is 24.3 Å². The number of nitrogens with zero attached hydrogens (tertiary/aromatic N) is 1. The van der Waals surface area contributed by atoms with Crippen LogP contribution < -0.4 is 0 Å². The summed E-state index contributed by atoms with van der Waals surface area (Å²) >= 11 is 0. The molecule has 98 valence electrons. The molecule has 18 heavy (non-hydrogen) atoms. The van der Waals surface area contributed by atoms with Crippen LogP contribution in [0.4, 0.5) is 4.39 Å². The van der Waals surface area contributed by atoms with Crippen LogP contribution in [-0.2, 0) is 11.2 Å². The van der Waals surface area contributed by atoms with E-state index in [0.717, 1.165) is 18.7 Å². The maximum atomic E-state index is 12.8. The molecule has 1 aliphatic rings. The van der Waals surface area contributed by atoms with Gasteiger partial charge in [0.25, 0.3) is 0 Å². The first-order valence-corrected chi connectivity index (χ1v) is 6.57. The van der Waals surface area contributed by atoms with Crippen molar-refractivity contribution in [2.24, 2.45) is 11.8 Å². The average Bonchev–Trinajstić information content (AvgIpc) is 2.31. The first kappa shape index (κ1) is 13.1. The molecule has 2 atom stereocenters. The van der Waals surface area contributed by atoms with Crippen LogP contribution in [-0.4, -0.2) is 23.9 Å². The highest BCUT2D eigenvalue weighted by Crippen LogP contribution is 2.21. The number of benzene rings is 1. The lowest BCUT2D eigenvalue weighted by Crippen LogP contribution is -2.43. The third-order valence-electron chi connectivity index (χ3n) is 3.49. The van der Waals surface area contributed by atoms with E-state index in [0.29, 0.717) is 18.3 Å². The maximum Gasteiger partial charge on any atom is 0.227 e. The number of hydrogen-bond donors (Lipinski definition) is 0. The summed E-state index contributed by atoms with van der Waals surface area (Å²) in [5, 5.41) is 0. The second kappa shape index (κ2) is 5.51. The van der Waals surface area contributed by atoms with Gasteiger partial charge in [-0.25, -0.2) is 4.39 Å². The monoisotopic (exact) mass is 249 g/mol. The van der Waals surface area contributed by atoms with Gasteiger partial charge in [0.1, 0.15) is 5.82 Å². The van der Waals surface area contributed by atoms with Crippen molar-refractivity contribution in [3.05, 3.63) is 35.6 Å². The van der Waals surface area contributed by atoms with Crippen molar-refractivity contribution >= 4 is 5.91 Å². The minimum atomic E-state index is -0.258. The smallest absolute Gasteiger partial charge is 0.227 e. The number of halogens is 1. The van der Waals surface area contributed by atoms with Crippen molar-refractivity contribution in [2.45, 2.75) is 26.7 Å². The summed E-state index contributed by atoms with van der Waals surface area (Å²) in [6.07, 6.45) is 1.57. The molecule has 1 heterocycles. The van der Waals surface area contributed by atoms with E-state index in [1.54, 1.807) is 12.1 Å². The van der Waals surface area contributed by atoms with Crippen LogP contribution in [0, 0.1) is 17.7 Å². The van der Waals surface area contributed by atoms with E-state index in [4.69, 9.17) is 0 Å². The van der Waals surface area contributed by atoms with Crippen LogP contribution in [0.3, 0.4) is 0 Å². The predicted octanol–water partition coefficient (Wildman–Crippen LogP) is 2.87. The molecule has 3 heteroatoms. The fourth-order valence-electron chi connectivity index (χ4n) is 2.76. The summed E-state index contributed by atoms with van der Waals surface area (Å²) in [6.45, 7) is 6.08. The first-order valence-electron chi connectivity index (χ1n) is 6.57. The van der Waals surface area contributed by atoms with Gasteiger partial charge in [-0.05, 0) is 36.0 Å². The molecule has 2 rings (SSSR count). The van der Waals surface area contributed by atoms with Gasteiger partial charge in [0.2, 0.25) is 5.91 Å². The average molecular weight is 249 g/mol. The third-order valence-corrected chi connectivity index (χ3v) is 3.49. The van der Waals surface area contributed by atoms with E-state index in [1.807, 2.05) is 4.90 Å². The Kier molecular flexibility index (Phi) is 4.00. The minimum Gasteiger partial charge on any atom is -0.342 e. The number of hydrogen-bond acceptors (Lipinski definition) is 1. The largest absolute Gasteiger partial charge is 0.342 e.